The molecular formula is C22H15N3O2. The van der Waals surface area contributed by atoms with Crippen LogP contribution >= 0.6 is 0 Å². The van der Waals surface area contributed by atoms with Crippen LogP contribution in [0.15, 0.2) is 66.7 Å². The van der Waals surface area contributed by atoms with E-state index in [0.717, 1.165) is 27.7 Å². The van der Waals surface area contributed by atoms with Gasteiger partial charge < -0.3 is 10.1 Å². The number of hydrogen-bond acceptors (Lipinski definition) is 3. The molecular weight excluding hydrogens is 338 g/mol. The molecule has 0 saturated carbocycles. The highest BCUT2D eigenvalue weighted by atomic mass is 16.4. The summed E-state index contributed by atoms with van der Waals surface area (Å²) in [4.78, 5) is 18.9. The van der Waals surface area contributed by atoms with Crippen molar-refractivity contribution in [3.05, 3.63) is 89.2 Å². The topological polar surface area (TPSA) is 89.8 Å². The van der Waals surface area contributed by atoms with E-state index in [1.807, 2.05) is 48.5 Å². The maximum atomic E-state index is 11.2. The lowest BCUT2D eigenvalue weighted by Crippen LogP contribution is -2.03. The molecule has 0 fully saturated rings. The van der Waals surface area contributed by atoms with Crippen molar-refractivity contribution in [3.8, 4) is 17.3 Å². The molecule has 4 rings (SSSR count). The Morgan fingerprint density at radius 1 is 1.07 bits per heavy atom. The van der Waals surface area contributed by atoms with E-state index < -0.39 is 5.97 Å². The summed E-state index contributed by atoms with van der Waals surface area (Å²) in [5.41, 5.74) is 5.16. The van der Waals surface area contributed by atoms with Crippen LogP contribution in [0.4, 0.5) is 0 Å². The zero-order chi connectivity index (χ0) is 18.8. The van der Waals surface area contributed by atoms with Crippen LogP contribution in [0.25, 0.3) is 22.2 Å². The van der Waals surface area contributed by atoms with E-state index in [-0.39, 0.29) is 5.69 Å². The first-order valence-corrected chi connectivity index (χ1v) is 8.45. The number of fused-ring (bicyclic) bond motifs is 1. The number of nitrogens with zero attached hydrogens (tertiary/aromatic N) is 2. The summed E-state index contributed by atoms with van der Waals surface area (Å²) in [6, 6.07) is 22.6. The van der Waals surface area contributed by atoms with Crippen molar-refractivity contribution < 1.29 is 9.90 Å². The highest BCUT2D eigenvalue weighted by molar-refractivity contribution is 5.92. The Bertz CT molecular complexity index is 1190. The first-order valence-electron chi connectivity index (χ1n) is 8.45. The van der Waals surface area contributed by atoms with Gasteiger partial charge in [-0.05, 0) is 35.4 Å². The van der Waals surface area contributed by atoms with Gasteiger partial charge >= 0.3 is 5.97 Å². The number of hydrogen-bond donors (Lipinski definition) is 2. The molecule has 0 aliphatic heterocycles. The van der Waals surface area contributed by atoms with Crippen LogP contribution < -0.4 is 0 Å². The van der Waals surface area contributed by atoms with Gasteiger partial charge in [0.05, 0.1) is 17.3 Å². The van der Waals surface area contributed by atoms with Gasteiger partial charge in [-0.3, -0.25) is 0 Å². The molecule has 0 bridgehead atoms. The number of aromatic carboxylic acids is 1. The zero-order valence-corrected chi connectivity index (χ0v) is 14.3. The van der Waals surface area contributed by atoms with Crippen LogP contribution in [0, 0.1) is 11.3 Å². The summed E-state index contributed by atoms with van der Waals surface area (Å²) in [7, 11) is 0. The summed E-state index contributed by atoms with van der Waals surface area (Å²) in [6.45, 7) is 0. The summed E-state index contributed by atoms with van der Waals surface area (Å²) >= 11 is 0. The number of rotatable bonds is 4. The number of benzene rings is 2. The van der Waals surface area contributed by atoms with Gasteiger partial charge in [-0.2, -0.15) is 5.26 Å². The molecule has 0 saturated heterocycles. The average Bonchev–Trinajstić information content (AvgIpc) is 3.06. The van der Waals surface area contributed by atoms with Gasteiger partial charge in [-0.1, -0.05) is 42.5 Å². The first-order chi connectivity index (χ1) is 13.2. The number of carboxylic acid groups (broad SMARTS) is 1. The molecule has 0 spiro atoms. The number of carbonyl (C=O) groups is 1. The predicted octanol–water partition coefficient (Wildman–Crippen LogP) is 4.39. The van der Waals surface area contributed by atoms with Gasteiger partial charge in [0.1, 0.15) is 5.69 Å². The highest BCUT2D eigenvalue weighted by Crippen LogP contribution is 2.32. The average molecular weight is 353 g/mol. The Labute approximate surface area is 155 Å². The molecule has 5 nitrogen and oxygen atoms in total. The van der Waals surface area contributed by atoms with Crippen molar-refractivity contribution in [2.45, 2.75) is 6.42 Å². The minimum Gasteiger partial charge on any atom is -0.477 e. The minimum absolute atomic E-state index is 0.0281. The number of nitrogens with one attached hydrogen (secondary N) is 1. The molecule has 0 amide bonds. The standard InChI is InChI=1S/C22H15N3O2/c23-13-14-9-10-17-18(12-16-7-4-8-19(24-16)22(26)27)21(25-20(17)11-14)15-5-2-1-3-6-15/h1-11,25H,12H2,(H,26,27). The molecule has 0 radical (unpaired) electrons. The molecule has 4 aromatic rings. The third-order valence-electron chi connectivity index (χ3n) is 4.48. The molecule has 0 unspecified atom stereocenters. The van der Waals surface area contributed by atoms with Crippen LogP contribution in [0.1, 0.15) is 27.3 Å². The molecule has 0 aliphatic carbocycles. The number of carboxylic acids is 1. The van der Waals surface area contributed by atoms with Gasteiger partial charge in [0.25, 0.3) is 0 Å². The fourth-order valence-electron chi connectivity index (χ4n) is 3.24. The molecule has 130 valence electrons. The summed E-state index contributed by atoms with van der Waals surface area (Å²) in [5, 5.41) is 19.4. The van der Waals surface area contributed by atoms with Crippen LogP contribution in [-0.2, 0) is 6.42 Å². The van der Waals surface area contributed by atoms with Crippen molar-refractivity contribution in [1.82, 2.24) is 9.97 Å². The quantitative estimate of drug-likeness (QED) is 0.569. The number of aromatic amines is 1. The van der Waals surface area contributed by atoms with Gasteiger partial charge in [-0.15, -0.1) is 0 Å². The Morgan fingerprint density at radius 2 is 1.89 bits per heavy atom. The maximum Gasteiger partial charge on any atom is 0.354 e. The van der Waals surface area contributed by atoms with Crippen molar-refractivity contribution >= 4 is 16.9 Å². The monoisotopic (exact) mass is 353 g/mol. The van der Waals surface area contributed by atoms with Crippen LogP contribution in [0.5, 0.6) is 0 Å². The summed E-state index contributed by atoms with van der Waals surface area (Å²) < 4.78 is 0. The van der Waals surface area contributed by atoms with Crippen LogP contribution in [-0.4, -0.2) is 21.0 Å². The van der Waals surface area contributed by atoms with E-state index in [9.17, 15) is 15.2 Å². The number of pyridine rings is 1. The molecule has 0 atom stereocenters. The third kappa shape index (κ3) is 3.16. The number of aromatic nitrogens is 2. The second-order valence-corrected chi connectivity index (χ2v) is 6.21. The number of H-pyrrole nitrogens is 1. The predicted molar refractivity (Wildman–Crippen MR) is 102 cm³/mol. The zero-order valence-electron chi connectivity index (χ0n) is 14.3. The Kier molecular flexibility index (Phi) is 4.15. The highest BCUT2D eigenvalue weighted by Gasteiger charge is 2.15. The molecule has 2 aromatic heterocycles. The largest absolute Gasteiger partial charge is 0.477 e. The lowest BCUT2D eigenvalue weighted by molar-refractivity contribution is 0.0690. The fraction of sp³-hybridized carbons (Fsp3) is 0.0455. The molecule has 5 heteroatoms. The van der Waals surface area contributed by atoms with E-state index in [0.29, 0.717) is 17.7 Å². The molecule has 2 aromatic carbocycles. The second-order valence-electron chi connectivity index (χ2n) is 6.21. The smallest absolute Gasteiger partial charge is 0.354 e. The van der Waals surface area contributed by atoms with Crippen molar-refractivity contribution in [2.75, 3.05) is 0 Å². The molecule has 0 aliphatic rings. The first kappa shape index (κ1) is 16.6. The van der Waals surface area contributed by atoms with Crippen molar-refractivity contribution in [1.29, 1.82) is 5.26 Å². The van der Waals surface area contributed by atoms with E-state index >= 15 is 0 Å². The summed E-state index contributed by atoms with van der Waals surface area (Å²) in [5.74, 6) is -1.04. The normalized spacial score (nSPS) is 10.6. The Balaban J connectivity index is 1.88. The van der Waals surface area contributed by atoms with Crippen molar-refractivity contribution in [3.63, 3.8) is 0 Å². The lowest BCUT2D eigenvalue weighted by Gasteiger charge is -2.06. The molecule has 27 heavy (non-hydrogen) atoms. The van der Waals surface area contributed by atoms with E-state index in [1.54, 1.807) is 12.1 Å². The fourth-order valence-corrected chi connectivity index (χ4v) is 3.24. The number of nitriles is 1. The van der Waals surface area contributed by atoms with Crippen LogP contribution in [0.3, 0.4) is 0 Å². The SMILES string of the molecule is N#Cc1ccc2c(Cc3cccc(C(=O)O)n3)c(-c3ccccc3)[nH]c2c1. The third-order valence-corrected chi connectivity index (χ3v) is 4.48. The van der Waals surface area contributed by atoms with E-state index in [2.05, 4.69) is 16.0 Å². The Morgan fingerprint density at radius 3 is 2.63 bits per heavy atom. The van der Waals surface area contributed by atoms with E-state index in [4.69, 9.17) is 0 Å². The molecule has 2 heterocycles. The van der Waals surface area contributed by atoms with Crippen molar-refractivity contribution in [2.24, 2.45) is 0 Å². The minimum atomic E-state index is -1.04. The molecule has 2 N–H and O–H groups in total. The van der Waals surface area contributed by atoms with Gasteiger partial charge in [0.15, 0.2) is 0 Å². The Hall–Kier alpha value is -3.91. The maximum absolute atomic E-state index is 11.2. The van der Waals surface area contributed by atoms with E-state index in [1.165, 1.54) is 6.07 Å². The lowest BCUT2D eigenvalue weighted by atomic mass is 10.00. The van der Waals surface area contributed by atoms with Crippen LogP contribution in [0.2, 0.25) is 0 Å². The van der Waals surface area contributed by atoms with Gasteiger partial charge in [0.2, 0.25) is 0 Å². The van der Waals surface area contributed by atoms with Gasteiger partial charge in [0, 0.05) is 23.0 Å². The van der Waals surface area contributed by atoms with Gasteiger partial charge in [-0.25, -0.2) is 9.78 Å². The summed E-state index contributed by atoms with van der Waals surface area (Å²) in [6.07, 6.45) is 0.483. The second kappa shape index (κ2) is 6.77.